The van der Waals surface area contributed by atoms with Crippen molar-refractivity contribution in [1.82, 2.24) is 5.32 Å². The van der Waals surface area contributed by atoms with Gasteiger partial charge in [0.05, 0.1) is 9.47 Å². The SMILES string of the molecule is C=CC1C[C@@]1(NC(=O)OC(C)(C)C)C(=O)OP. The number of ether oxygens (including phenoxy) is 1. The third-order valence-electron chi connectivity index (χ3n) is 2.49. The number of hydrogen-bond acceptors (Lipinski definition) is 4. The zero-order chi connectivity index (χ0) is 13.3. The zero-order valence-electron chi connectivity index (χ0n) is 10.3. The van der Waals surface area contributed by atoms with Crippen LogP contribution in [-0.4, -0.2) is 23.2 Å². The molecule has 1 rings (SSSR count). The molecule has 1 amide bonds. The Labute approximate surface area is 103 Å². The Balaban J connectivity index is 2.68. The molecule has 5 nitrogen and oxygen atoms in total. The van der Waals surface area contributed by atoms with Gasteiger partial charge in [-0.1, -0.05) is 6.08 Å². The minimum absolute atomic E-state index is 0.108. The maximum atomic E-state index is 11.6. The third-order valence-corrected chi connectivity index (χ3v) is 2.71. The lowest BCUT2D eigenvalue weighted by molar-refractivity contribution is -0.137. The normalized spacial score (nSPS) is 26.9. The van der Waals surface area contributed by atoms with E-state index in [0.29, 0.717) is 6.42 Å². The van der Waals surface area contributed by atoms with E-state index >= 15 is 0 Å². The Morgan fingerprint density at radius 3 is 2.47 bits per heavy atom. The molecule has 1 aliphatic rings. The lowest BCUT2D eigenvalue weighted by Crippen LogP contribution is -2.47. The van der Waals surface area contributed by atoms with Crippen LogP contribution in [0.4, 0.5) is 4.79 Å². The third kappa shape index (κ3) is 3.19. The minimum atomic E-state index is -1.01. The van der Waals surface area contributed by atoms with E-state index < -0.39 is 23.2 Å². The van der Waals surface area contributed by atoms with Crippen molar-refractivity contribution in [3.8, 4) is 0 Å². The largest absolute Gasteiger partial charge is 0.450 e. The fourth-order valence-electron chi connectivity index (χ4n) is 1.59. The summed E-state index contributed by atoms with van der Waals surface area (Å²) in [5, 5.41) is 2.56. The molecule has 0 aromatic carbocycles. The molecule has 1 fully saturated rings. The molecule has 2 unspecified atom stereocenters. The van der Waals surface area contributed by atoms with Crippen LogP contribution in [0.5, 0.6) is 0 Å². The number of carbonyl (C=O) groups is 2. The Hall–Kier alpha value is -1.09. The molecule has 0 bridgehead atoms. The van der Waals surface area contributed by atoms with Crippen LogP contribution in [0.15, 0.2) is 12.7 Å². The van der Waals surface area contributed by atoms with Gasteiger partial charge in [0, 0.05) is 5.92 Å². The molecule has 0 aromatic heterocycles. The summed E-state index contributed by atoms with van der Waals surface area (Å²) in [5.74, 6) is -0.610. The van der Waals surface area contributed by atoms with Gasteiger partial charge in [-0.2, -0.15) is 0 Å². The van der Waals surface area contributed by atoms with Gasteiger partial charge in [0.1, 0.15) is 11.1 Å². The van der Waals surface area contributed by atoms with Gasteiger partial charge < -0.3 is 14.6 Å². The van der Waals surface area contributed by atoms with Crippen LogP contribution >= 0.6 is 9.47 Å². The van der Waals surface area contributed by atoms with Gasteiger partial charge in [-0.25, -0.2) is 9.59 Å². The summed E-state index contributed by atoms with van der Waals surface area (Å²) in [6.07, 6.45) is 1.49. The molecule has 0 spiro atoms. The Morgan fingerprint density at radius 2 is 2.12 bits per heavy atom. The van der Waals surface area contributed by atoms with Crippen molar-refractivity contribution < 1.29 is 18.8 Å². The van der Waals surface area contributed by atoms with Crippen LogP contribution in [0.25, 0.3) is 0 Å². The first-order chi connectivity index (χ1) is 7.75. The molecule has 1 aliphatic carbocycles. The molecule has 0 heterocycles. The summed E-state index contributed by atoms with van der Waals surface area (Å²) < 4.78 is 9.70. The summed E-state index contributed by atoms with van der Waals surface area (Å²) in [6, 6.07) is 0. The van der Waals surface area contributed by atoms with Gasteiger partial charge in [0.15, 0.2) is 0 Å². The first-order valence-electron chi connectivity index (χ1n) is 5.30. The van der Waals surface area contributed by atoms with E-state index in [9.17, 15) is 9.59 Å². The maximum Gasteiger partial charge on any atom is 0.408 e. The van der Waals surface area contributed by atoms with Gasteiger partial charge in [0.25, 0.3) is 0 Å². The molecule has 96 valence electrons. The molecule has 1 N–H and O–H groups in total. The van der Waals surface area contributed by atoms with Crippen molar-refractivity contribution in [2.75, 3.05) is 0 Å². The number of alkyl carbamates (subject to hydrolysis) is 1. The predicted octanol–water partition coefficient (Wildman–Crippen LogP) is 1.79. The summed E-state index contributed by atoms with van der Waals surface area (Å²) in [5.41, 5.74) is -1.61. The van der Waals surface area contributed by atoms with Crippen LogP contribution in [-0.2, 0) is 14.1 Å². The van der Waals surface area contributed by atoms with Crippen molar-refractivity contribution in [2.45, 2.75) is 38.3 Å². The highest BCUT2D eigenvalue weighted by Gasteiger charge is 2.61. The van der Waals surface area contributed by atoms with Crippen LogP contribution in [0.3, 0.4) is 0 Å². The lowest BCUT2D eigenvalue weighted by atomic mass is 10.2. The second-order valence-electron chi connectivity index (χ2n) is 5.05. The molecular weight excluding hydrogens is 241 g/mol. The monoisotopic (exact) mass is 259 g/mol. The quantitative estimate of drug-likeness (QED) is 0.620. The number of nitrogens with one attached hydrogen (secondary N) is 1. The molecular formula is C11H18NO4P. The van der Waals surface area contributed by atoms with Gasteiger partial charge in [0.2, 0.25) is 0 Å². The smallest absolute Gasteiger partial charge is 0.408 e. The Bertz CT molecular complexity index is 350. The van der Waals surface area contributed by atoms with E-state index in [1.165, 1.54) is 0 Å². The Kier molecular flexibility index (Phi) is 3.82. The molecule has 0 saturated heterocycles. The zero-order valence-corrected chi connectivity index (χ0v) is 11.4. The van der Waals surface area contributed by atoms with E-state index in [0.717, 1.165) is 0 Å². The second-order valence-corrected chi connectivity index (χ2v) is 5.29. The molecule has 1 saturated carbocycles. The first-order valence-corrected chi connectivity index (χ1v) is 5.77. The number of hydrogen-bond donors (Lipinski definition) is 1. The van der Waals surface area contributed by atoms with Crippen molar-refractivity contribution in [3.05, 3.63) is 12.7 Å². The molecule has 6 heteroatoms. The van der Waals surface area contributed by atoms with Gasteiger partial charge in [-0.15, -0.1) is 6.58 Å². The first kappa shape index (κ1) is 14.0. The van der Waals surface area contributed by atoms with Gasteiger partial charge in [-0.3, -0.25) is 0 Å². The van der Waals surface area contributed by atoms with Crippen molar-refractivity contribution in [2.24, 2.45) is 5.92 Å². The van der Waals surface area contributed by atoms with Crippen LogP contribution in [0.2, 0.25) is 0 Å². The summed E-state index contributed by atoms with van der Waals surface area (Å²) >= 11 is 0. The van der Waals surface area contributed by atoms with Crippen LogP contribution in [0.1, 0.15) is 27.2 Å². The van der Waals surface area contributed by atoms with E-state index in [-0.39, 0.29) is 5.92 Å². The van der Waals surface area contributed by atoms with Crippen molar-refractivity contribution in [1.29, 1.82) is 0 Å². The molecule has 0 radical (unpaired) electrons. The lowest BCUT2D eigenvalue weighted by Gasteiger charge is -2.22. The topological polar surface area (TPSA) is 64.6 Å². The summed E-state index contributed by atoms with van der Waals surface area (Å²) in [6.45, 7) is 8.88. The van der Waals surface area contributed by atoms with E-state index in [1.807, 2.05) is 9.47 Å². The fourth-order valence-corrected chi connectivity index (χ4v) is 1.80. The predicted molar refractivity (Wildman–Crippen MR) is 66.2 cm³/mol. The average molecular weight is 259 g/mol. The van der Waals surface area contributed by atoms with Crippen molar-refractivity contribution in [3.63, 3.8) is 0 Å². The molecule has 3 atom stereocenters. The second kappa shape index (κ2) is 4.65. The standard InChI is InChI=1S/C11H18NO4P/c1-5-7-6-11(7,8(13)16-17)12-9(14)15-10(2,3)4/h5,7H,1,6,17H2,2-4H3,(H,12,14)/t7?,11-/m0/s1. The van der Waals surface area contributed by atoms with E-state index in [4.69, 9.17) is 4.74 Å². The average Bonchev–Trinajstić information content (AvgIpc) is 2.88. The highest BCUT2D eigenvalue weighted by atomic mass is 31.0. The van der Waals surface area contributed by atoms with Crippen molar-refractivity contribution >= 4 is 21.5 Å². The van der Waals surface area contributed by atoms with Gasteiger partial charge in [-0.05, 0) is 27.2 Å². The number of amides is 1. The van der Waals surface area contributed by atoms with Gasteiger partial charge >= 0.3 is 12.1 Å². The molecule has 17 heavy (non-hydrogen) atoms. The van der Waals surface area contributed by atoms with E-state index in [1.54, 1.807) is 26.8 Å². The molecule has 0 aliphatic heterocycles. The number of rotatable bonds is 3. The number of carbonyl (C=O) groups excluding carboxylic acids is 2. The van der Waals surface area contributed by atoms with Crippen LogP contribution < -0.4 is 5.32 Å². The minimum Gasteiger partial charge on any atom is -0.450 e. The summed E-state index contributed by atoms with van der Waals surface area (Å²) in [7, 11) is 1.88. The summed E-state index contributed by atoms with van der Waals surface area (Å²) in [4.78, 5) is 23.2. The fraction of sp³-hybridized carbons (Fsp3) is 0.636. The Morgan fingerprint density at radius 1 is 1.53 bits per heavy atom. The van der Waals surface area contributed by atoms with Crippen LogP contribution in [0, 0.1) is 5.92 Å². The highest BCUT2D eigenvalue weighted by molar-refractivity contribution is 7.10. The maximum absolute atomic E-state index is 11.6. The molecule has 0 aromatic rings. The highest BCUT2D eigenvalue weighted by Crippen LogP contribution is 2.45. The van der Waals surface area contributed by atoms with E-state index in [2.05, 4.69) is 16.4 Å².